The molecule has 0 saturated carbocycles. The third kappa shape index (κ3) is 3.58. The fourth-order valence-electron chi connectivity index (χ4n) is 1.70. The normalized spacial score (nSPS) is 13.2. The highest BCUT2D eigenvalue weighted by atomic mass is 79.9. The van der Waals surface area contributed by atoms with Crippen molar-refractivity contribution in [2.45, 2.75) is 17.9 Å². The molecule has 106 valence electrons. The van der Waals surface area contributed by atoms with E-state index in [4.69, 9.17) is 11.6 Å². The summed E-state index contributed by atoms with van der Waals surface area (Å²) in [6.07, 6.45) is 1.45. The number of pyridine rings is 1. The SMILES string of the molecule is C[C@@H](NS(=O)(=O)c1cc(Br)cnc1Cl)c1ccccc1. The summed E-state index contributed by atoms with van der Waals surface area (Å²) in [6.45, 7) is 1.77. The number of benzene rings is 1. The fourth-order valence-corrected chi connectivity index (χ4v) is 3.87. The molecule has 1 aromatic heterocycles. The van der Waals surface area contributed by atoms with Crippen molar-refractivity contribution in [3.05, 3.63) is 57.8 Å². The van der Waals surface area contributed by atoms with E-state index in [0.29, 0.717) is 4.47 Å². The summed E-state index contributed by atoms with van der Waals surface area (Å²) in [5, 5.41) is -0.0547. The van der Waals surface area contributed by atoms with Crippen molar-refractivity contribution in [2.24, 2.45) is 0 Å². The standard InChI is InChI=1S/C13H12BrClN2O2S/c1-9(10-5-3-2-4-6-10)17-20(18,19)12-7-11(14)8-16-13(12)15/h2-9,17H,1H3/t9-/m1/s1. The highest BCUT2D eigenvalue weighted by molar-refractivity contribution is 9.10. The summed E-state index contributed by atoms with van der Waals surface area (Å²) in [5.74, 6) is 0. The molecular formula is C13H12BrClN2O2S. The molecular weight excluding hydrogens is 364 g/mol. The number of nitrogens with zero attached hydrogens (tertiary/aromatic N) is 1. The lowest BCUT2D eigenvalue weighted by molar-refractivity contribution is 0.566. The molecule has 1 atom stereocenters. The Bertz CT molecular complexity index is 708. The molecule has 1 heterocycles. The molecule has 0 fully saturated rings. The van der Waals surface area contributed by atoms with Crippen LogP contribution in [0.15, 0.2) is 52.0 Å². The molecule has 4 nitrogen and oxygen atoms in total. The van der Waals surface area contributed by atoms with Crippen LogP contribution < -0.4 is 4.72 Å². The summed E-state index contributed by atoms with van der Waals surface area (Å²) >= 11 is 9.05. The van der Waals surface area contributed by atoms with Gasteiger partial charge in [-0.3, -0.25) is 0 Å². The topological polar surface area (TPSA) is 59.1 Å². The number of hydrogen-bond donors (Lipinski definition) is 1. The van der Waals surface area contributed by atoms with E-state index in [2.05, 4.69) is 25.6 Å². The van der Waals surface area contributed by atoms with Crippen LogP contribution in [-0.4, -0.2) is 13.4 Å². The first-order valence-electron chi connectivity index (χ1n) is 5.78. The summed E-state index contributed by atoms with van der Waals surface area (Å²) < 4.78 is 27.8. The lowest BCUT2D eigenvalue weighted by Gasteiger charge is -2.15. The van der Waals surface area contributed by atoms with Crippen LogP contribution in [0.4, 0.5) is 0 Å². The van der Waals surface area contributed by atoms with Gasteiger partial charge in [-0.25, -0.2) is 18.1 Å². The van der Waals surface area contributed by atoms with E-state index in [9.17, 15) is 8.42 Å². The zero-order valence-electron chi connectivity index (χ0n) is 10.5. The average Bonchev–Trinajstić information content (AvgIpc) is 2.42. The Kier molecular flexibility index (Phi) is 4.80. The first-order valence-corrected chi connectivity index (χ1v) is 8.44. The van der Waals surface area contributed by atoms with Crippen LogP contribution in [0.2, 0.25) is 5.15 Å². The maximum atomic E-state index is 12.3. The Morgan fingerprint density at radius 1 is 1.30 bits per heavy atom. The highest BCUT2D eigenvalue weighted by Crippen LogP contribution is 2.24. The minimum Gasteiger partial charge on any atom is -0.242 e. The highest BCUT2D eigenvalue weighted by Gasteiger charge is 2.22. The number of hydrogen-bond acceptors (Lipinski definition) is 3. The predicted molar refractivity (Wildman–Crippen MR) is 82.1 cm³/mol. The molecule has 2 rings (SSSR count). The molecule has 20 heavy (non-hydrogen) atoms. The van der Waals surface area contributed by atoms with Gasteiger partial charge >= 0.3 is 0 Å². The zero-order valence-corrected chi connectivity index (χ0v) is 13.7. The number of nitrogens with one attached hydrogen (secondary N) is 1. The first-order chi connectivity index (χ1) is 9.40. The first kappa shape index (κ1) is 15.4. The Hall–Kier alpha value is -0.950. The second kappa shape index (κ2) is 6.22. The van der Waals surface area contributed by atoms with Crippen LogP contribution >= 0.6 is 27.5 Å². The third-order valence-electron chi connectivity index (χ3n) is 2.69. The third-order valence-corrected chi connectivity index (χ3v) is 5.10. The maximum absolute atomic E-state index is 12.3. The van der Waals surface area contributed by atoms with Gasteiger partial charge in [-0.15, -0.1) is 0 Å². The van der Waals surface area contributed by atoms with Crippen LogP contribution in [-0.2, 0) is 10.0 Å². The lowest BCUT2D eigenvalue weighted by Crippen LogP contribution is -2.27. The van der Waals surface area contributed by atoms with Gasteiger partial charge < -0.3 is 0 Å². The molecule has 7 heteroatoms. The van der Waals surface area contributed by atoms with E-state index < -0.39 is 10.0 Å². The molecule has 0 aliphatic heterocycles. The molecule has 0 saturated heterocycles. The molecule has 0 unspecified atom stereocenters. The van der Waals surface area contributed by atoms with Gasteiger partial charge in [0.1, 0.15) is 10.0 Å². The number of sulfonamides is 1. The van der Waals surface area contributed by atoms with E-state index >= 15 is 0 Å². The van der Waals surface area contributed by atoms with E-state index in [0.717, 1.165) is 5.56 Å². The van der Waals surface area contributed by atoms with E-state index in [1.54, 1.807) is 6.92 Å². The summed E-state index contributed by atoms with van der Waals surface area (Å²) in [6, 6.07) is 10.4. The zero-order chi connectivity index (χ0) is 14.8. The van der Waals surface area contributed by atoms with Crippen LogP contribution in [0.1, 0.15) is 18.5 Å². The monoisotopic (exact) mass is 374 g/mol. The second-order valence-corrected chi connectivity index (χ2v) is 7.15. The summed E-state index contributed by atoms with van der Waals surface area (Å²) in [5.41, 5.74) is 0.871. The fraction of sp³-hybridized carbons (Fsp3) is 0.154. The molecule has 0 amide bonds. The summed E-state index contributed by atoms with van der Waals surface area (Å²) in [7, 11) is -3.74. The van der Waals surface area contributed by atoms with Crippen molar-refractivity contribution in [3.63, 3.8) is 0 Å². The van der Waals surface area contributed by atoms with Gasteiger partial charge in [-0.05, 0) is 34.5 Å². The van der Waals surface area contributed by atoms with Gasteiger partial charge in [0.05, 0.1) is 0 Å². The minimum atomic E-state index is -3.74. The van der Waals surface area contributed by atoms with Crippen LogP contribution in [0.5, 0.6) is 0 Å². The Balaban J connectivity index is 2.30. The van der Waals surface area contributed by atoms with Crippen molar-refractivity contribution in [3.8, 4) is 0 Å². The largest absolute Gasteiger partial charge is 0.244 e. The number of rotatable bonds is 4. The molecule has 0 bridgehead atoms. The number of halogens is 2. The molecule has 0 radical (unpaired) electrons. The molecule has 2 aromatic rings. The smallest absolute Gasteiger partial charge is 0.242 e. The van der Waals surface area contributed by atoms with Gasteiger partial charge in [-0.2, -0.15) is 0 Å². The number of aromatic nitrogens is 1. The Morgan fingerprint density at radius 3 is 2.60 bits per heavy atom. The van der Waals surface area contributed by atoms with Gasteiger partial charge in [0, 0.05) is 16.7 Å². The van der Waals surface area contributed by atoms with Crippen molar-refractivity contribution < 1.29 is 8.42 Å². The molecule has 1 N–H and O–H groups in total. The Morgan fingerprint density at radius 2 is 1.95 bits per heavy atom. The van der Waals surface area contributed by atoms with E-state index in [-0.39, 0.29) is 16.1 Å². The van der Waals surface area contributed by atoms with Gasteiger partial charge in [0.15, 0.2) is 0 Å². The van der Waals surface area contributed by atoms with Crippen molar-refractivity contribution in [2.75, 3.05) is 0 Å². The van der Waals surface area contributed by atoms with Crippen molar-refractivity contribution in [1.82, 2.24) is 9.71 Å². The van der Waals surface area contributed by atoms with Crippen LogP contribution in [0, 0.1) is 0 Å². The molecule has 1 aromatic carbocycles. The van der Waals surface area contributed by atoms with Crippen molar-refractivity contribution in [1.29, 1.82) is 0 Å². The van der Waals surface area contributed by atoms with E-state index in [1.807, 2.05) is 30.3 Å². The molecule has 0 aliphatic carbocycles. The summed E-state index contributed by atoms with van der Waals surface area (Å²) in [4.78, 5) is 3.78. The van der Waals surface area contributed by atoms with Gasteiger partial charge in [0.25, 0.3) is 0 Å². The van der Waals surface area contributed by atoms with Crippen molar-refractivity contribution >= 4 is 37.6 Å². The predicted octanol–water partition coefficient (Wildman–Crippen LogP) is 3.54. The van der Waals surface area contributed by atoms with Gasteiger partial charge in [0.2, 0.25) is 10.0 Å². The lowest BCUT2D eigenvalue weighted by atomic mass is 10.1. The molecule has 0 spiro atoms. The molecule has 0 aliphatic rings. The maximum Gasteiger partial charge on any atom is 0.244 e. The Labute approximate surface area is 131 Å². The average molecular weight is 376 g/mol. The van der Waals surface area contributed by atoms with Crippen LogP contribution in [0.3, 0.4) is 0 Å². The minimum absolute atomic E-state index is 0.0451. The second-order valence-electron chi connectivity index (χ2n) is 4.20. The van der Waals surface area contributed by atoms with Crippen LogP contribution in [0.25, 0.3) is 0 Å². The van der Waals surface area contributed by atoms with Gasteiger partial charge in [-0.1, -0.05) is 41.9 Å². The quantitative estimate of drug-likeness (QED) is 0.832. The van der Waals surface area contributed by atoms with E-state index in [1.165, 1.54) is 12.3 Å².